The lowest BCUT2D eigenvalue weighted by Gasteiger charge is -2.10. The van der Waals surface area contributed by atoms with Crippen LogP contribution < -0.4 is 10.0 Å². The summed E-state index contributed by atoms with van der Waals surface area (Å²) in [6.45, 7) is 3.67. The van der Waals surface area contributed by atoms with Crippen LogP contribution >= 0.6 is 0 Å². The van der Waals surface area contributed by atoms with Crippen LogP contribution in [0.15, 0.2) is 35.4 Å². The van der Waals surface area contributed by atoms with Gasteiger partial charge in [0.15, 0.2) is 0 Å². The number of aromatic nitrogens is 2. The third-order valence-electron chi connectivity index (χ3n) is 3.32. The van der Waals surface area contributed by atoms with Gasteiger partial charge in [0.05, 0.1) is 5.56 Å². The molecular weight excluding hydrogens is 348 g/mol. The molecule has 0 spiro atoms. The molecule has 0 aliphatic rings. The van der Waals surface area contributed by atoms with Crippen molar-refractivity contribution in [3.8, 4) is 0 Å². The monoisotopic (exact) mass is 364 g/mol. The number of nitrogens with one attached hydrogen (secondary N) is 2. The number of hydrogen-bond donors (Lipinski definition) is 3. The zero-order chi connectivity index (χ0) is 18.6. The number of aryl methyl sites for hydroxylation is 2. The van der Waals surface area contributed by atoms with Crippen LogP contribution in [0.25, 0.3) is 0 Å². The lowest BCUT2D eigenvalue weighted by Crippen LogP contribution is -2.35. The van der Waals surface area contributed by atoms with Crippen LogP contribution in [0.5, 0.6) is 0 Å². The van der Waals surface area contributed by atoms with Gasteiger partial charge in [-0.05, 0) is 31.0 Å². The molecule has 2 rings (SSSR count). The smallest absolute Gasteiger partial charge is 0.337 e. The Morgan fingerprint density at radius 1 is 1.24 bits per heavy atom. The highest BCUT2D eigenvalue weighted by Crippen LogP contribution is 2.15. The van der Waals surface area contributed by atoms with E-state index in [-0.39, 0.29) is 5.95 Å². The minimum absolute atomic E-state index is 0.0612. The average molecular weight is 364 g/mol. The maximum absolute atomic E-state index is 12.2. The van der Waals surface area contributed by atoms with Crippen LogP contribution in [-0.4, -0.2) is 35.5 Å². The van der Waals surface area contributed by atoms with Crippen molar-refractivity contribution >= 4 is 28.0 Å². The Labute approximate surface area is 144 Å². The van der Waals surface area contributed by atoms with Crippen LogP contribution in [0.1, 0.15) is 28.5 Å². The molecule has 0 aliphatic carbocycles. The Morgan fingerprint density at radius 3 is 2.52 bits per heavy atom. The van der Waals surface area contributed by atoms with Gasteiger partial charge in [-0.1, -0.05) is 19.1 Å². The predicted molar refractivity (Wildman–Crippen MR) is 88.9 cm³/mol. The number of nitrogens with zero attached hydrogens (tertiary/aromatic N) is 2. The van der Waals surface area contributed by atoms with Gasteiger partial charge in [-0.2, -0.15) is 0 Å². The van der Waals surface area contributed by atoms with E-state index >= 15 is 0 Å². The molecule has 132 valence electrons. The third kappa shape index (κ3) is 4.29. The van der Waals surface area contributed by atoms with E-state index in [1.807, 2.05) is 6.92 Å². The molecular formula is C15H16N4O5S. The van der Waals surface area contributed by atoms with Gasteiger partial charge in [0, 0.05) is 11.9 Å². The van der Waals surface area contributed by atoms with Crippen molar-refractivity contribution in [2.75, 3.05) is 5.32 Å². The highest BCUT2D eigenvalue weighted by Gasteiger charge is 2.24. The predicted octanol–water partition coefficient (Wildman–Crippen LogP) is 1.56. The zero-order valence-corrected chi connectivity index (χ0v) is 14.3. The summed E-state index contributed by atoms with van der Waals surface area (Å²) < 4.78 is 26.2. The molecule has 0 atom stereocenters. The van der Waals surface area contributed by atoms with E-state index in [0.717, 1.165) is 24.1 Å². The van der Waals surface area contributed by atoms with Crippen molar-refractivity contribution in [2.45, 2.75) is 25.2 Å². The number of rotatable bonds is 5. The summed E-state index contributed by atoms with van der Waals surface area (Å²) in [7, 11) is -4.38. The molecule has 0 unspecified atom stereocenters. The maximum Gasteiger partial charge on any atom is 0.337 e. The molecule has 1 aromatic heterocycles. The van der Waals surface area contributed by atoms with Gasteiger partial charge in [0.25, 0.3) is 10.0 Å². The summed E-state index contributed by atoms with van der Waals surface area (Å²) in [6.07, 6.45) is 2.25. The zero-order valence-electron chi connectivity index (χ0n) is 13.5. The van der Waals surface area contributed by atoms with E-state index in [2.05, 4.69) is 15.3 Å². The summed E-state index contributed by atoms with van der Waals surface area (Å²) in [5.41, 5.74) is 1.11. The first kappa shape index (κ1) is 18.3. The molecule has 0 radical (unpaired) electrons. The summed E-state index contributed by atoms with van der Waals surface area (Å²) in [5.74, 6) is -1.48. The van der Waals surface area contributed by atoms with Crippen LogP contribution in [-0.2, 0) is 16.4 Å². The Kier molecular flexibility index (Phi) is 5.32. The number of sulfonamides is 1. The fraction of sp³-hybridized carbons (Fsp3) is 0.200. The molecule has 2 amide bonds. The van der Waals surface area contributed by atoms with Crippen molar-refractivity contribution in [1.29, 1.82) is 0 Å². The van der Waals surface area contributed by atoms with Gasteiger partial charge >= 0.3 is 12.0 Å². The van der Waals surface area contributed by atoms with Gasteiger partial charge in [0.1, 0.15) is 4.90 Å². The number of amides is 2. The molecule has 3 N–H and O–H groups in total. The fourth-order valence-electron chi connectivity index (χ4n) is 2.08. The van der Waals surface area contributed by atoms with Gasteiger partial charge in [-0.25, -0.2) is 32.7 Å². The Balaban J connectivity index is 2.20. The van der Waals surface area contributed by atoms with E-state index in [1.165, 1.54) is 18.3 Å². The first-order chi connectivity index (χ1) is 11.7. The molecule has 9 nitrogen and oxygen atoms in total. The van der Waals surface area contributed by atoms with Gasteiger partial charge in [-0.15, -0.1) is 0 Å². The minimum Gasteiger partial charge on any atom is -0.478 e. The molecule has 2 aromatic rings. The van der Waals surface area contributed by atoms with E-state index in [0.29, 0.717) is 5.69 Å². The Hall–Kier alpha value is -3.01. The molecule has 0 aliphatic heterocycles. The molecule has 0 fully saturated rings. The van der Waals surface area contributed by atoms with E-state index < -0.39 is 32.5 Å². The topological polar surface area (TPSA) is 138 Å². The summed E-state index contributed by atoms with van der Waals surface area (Å²) in [6, 6.07) is 3.87. The van der Waals surface area contributed by atoms with Gasteiger partial charge in [0.2, 0.25) is 5.95 Å². The van der Waals surface area contributed by atoms with E-state index in [1.54, 1.807) is 11.6 Å². The normalized spacial score (nSPS) is 11.0. The standard InChI is InChI=1S/C15H16N4O5S/c1-3-10-8-16-14(17-9(10)2)18-15(22)19-25(23,24)12-7-5-4-6-11(12)13(20)21/h4-8H,3H2,1-2H3,(H,20,21)(H2,16,17,18,19,22). The van der Waals surface area contributed by atoms with E-state index in [4.69, 9.17) is 5.11 Å². The number of hydrogen-bond acceptors (Lipinski definition) is 6. The van der Waals surface area contributed by atoms with Crippen molar-refractivity contribution in [3.63, 3.8) is 0 Å². The number of aromatic carboxylic acids is 1. The Bertz CT molecular complexity index is 927. The van der Waals surface area contributed by atoms with Crippen LogP contribution in [0, 0.1) is 6.92 Å². The van der Waals surface area contributed by atoms with Gasteiger partial charge in [-0.3, -0.25) is 5.32 Å². The van der Waals surface area contributed by atoms with E-state index in [9.17, 15) is 18.0 Å². The summed E-state index contributed by atoms with van der Waals surface area (Å²) in [4.78, 5) is 30.5. The fourth-order valence-corrected chi connectivity index (χ4v) is 3.19. The first-order valence-corrected chi connectivity index (χ1v) is 8.71. The van der Waals surface area contributed by atoms with Gasteiger partial charge < -0.3 is 5.11 Å². The van der Waals surface area contributed by atoms with Crippen molar-refractivity contribution in [1.82, 2.24) is 14.7 Å². The quantitative estimate of drug-likeness (QED) is 0.731. The largest absolute Gasteiger partial charge is 0.478 e. The number of carboxylic acid groups (broad SMARTS) is 1. The molecule has 10 heteroatoms. The number of benzene rings is 1. The first-order valence-electron chi connectivity index (χ1n) is 7.23. The van der Waals surface area contributed by atoms with Crippen LogP contribution in [0.3, 0.4) is 0 Å². The lowest BCUT2D eigenvalue weighted by molar-refractivity contribution is 0.0692. The number of carbonyl (C=O) groups excluding carboxylic acids is 1. The molecule has 0 saturated heterocycles. The number of carbonyl (C=O) groups is 2. The molecule has 0 saturated carbocycles. The molecule has 1 aromatic carbocycles. The molecule has 1 heterocycles. The Morgan fingerprint density at radius 2 is 1.92 bits per heavy atom. The lowest BCUT2D eigenvalue weighted by atomic mass is 10.2. The second kappa shape index (κ2) is 7.26. The second-order valence-corrected chi connectivity index (χ2v) is 6.67. The molecule has 0 bridgehead atoms. The maximum atomic E-state index is 12.2. The third-order valence-corrected chi connectivity index (χ3v) is 4.71. The van der Waals surface area contributed by atoms with Crippen molar-refractivity contribution < 1.29 is 23.1 Å². The van der Waals surface area contributed by atoms with Crippen LogP contribution in [0.2, 0.25) is 0 Å². The summed E-state index contributed by atoms with van der Waals surface area (Å²) >= 11 is 0. The molecule has 25 heavy (non-hydrogen) atoms. The van der Waals surface area contributed by atoms with Crippen molar-refractivity contribution in [3.05, 3.63) is 47.3 Å². The summed E-state index contributed by atoms with van der Waals surface area (Å²) in [5, 5.41) is 11.3. The highest BCUT2D eigenvalue weighted by atomic mass is 32.2. The minimum atomic E-state index is -4.38. The SMILES string of the molecule is CCc1cnc(NC(=O)NS(=O)(=O)c2ccccc2C(=O)O)nc1C. The van der Waals surface area contributed by atoms with Crippen molar-refractivity contribution in [2.24, 2.45) is 0 Å². The number of carboxylic acids is 1. The van der Waals surface area contributed by atoms with Crippen LogP contribution in [0.4, 0.5) is 10.7 Å². The number of anilines is 1. The number of urea groups is 1. The average Bonchev–Trinajstić information content (AvgIpc) is 2.54. The highest BCUT2D eigenvalue weighted by molar-refractivity contribution is 7.90. The second-order valence-electron chi connectivity index (χ2n) is 5.02.